The average molecular weight is 451 g/mol. The van der Waals surface area contributed by atoms with Crippen molar-refractivity contribution in [3.05, 3.63) is 27.2 Å². The normalized spacial score (nSPS) is 17.9. The summed E-state index contributed by atoms with van der Waals surface area (Å²) in [6.07, 6.45) is 1.52. The Morgan fingerprint density at radius 3 is 2.46 bits per heavy atom. The molecule has 2 rings (SSSR count). The van der Waals surface area contributed by atoms with E-state index in [2.05, 4.69) is 15.5 Å². The van der Waals surface area contributed by atoms with Gasteiger partial charge in [0.15, 0.2) is 0 Å². The van der Waals surface area contributed by atoms with Crippen molar-refractivity contribution in [2.75, 3.05) is 31.5 Å². The molecule has 1 atom stereocenters. The van der Waals surface area contributed by atoms with Crippen LogP contribution in [0.2, 0.25) is 15.1 Å². The van der Waals surface area contributed by atoms with Crippen molar-refractivity contribution in [3.63, 3.8) is 0 Å². The lowest BCUT2D eigenvalue weighted by Crippen LogP contribution is -2.44. The van der Waals surface area contributed by atoms with E-state index < -0.39 is 11.7 Å². The first kappa shape index (κ1) is 23.1. The van der Waals surface area contributed by atoms with Crippen molar-refractivity contribution in [1.29, 1.82) is 0 Å². The number of ether oxygens (including phenoxy) is 1. The number of piperidine rings is 1. The summed E-state index contributed by atoms with van der Waals surface area (Å²) in [5.74, 6) is 0.0589. The smallest absolute Gasteiger partial charge is 0.407 e. The maximum absolute atomic E-state index is 12.4. The highest BCUT2D eigenvalue weighted by molar-refractivity contribution is 6.42. The predicted octanol–water partition coefficient (Wildman–Crippen LogP) is 4.82. The third-order valence-corrected chi connectivity index (χ3v) is 4.99. The zero-order chi connectivity index (χ0) is 20.9. The second kappa shape index (κ2) is 10.0. The van der Waals surface area contributed by atoms with E-state index in [1.54, 1.807) is 0 Å². The van der Waals surface area contributed by atoms with Gasteiger partial charge in [0.05, 0.1) is 22.3 Å². The van der Waals surface area contributed by atoms with Crippen LogP contribution < -0.4 is 10.6 Å². The number of anilines is 1. The van der Waals surface area contributed by atoms with Gasteiger partial charge in [-0.25, -0.2) is 4.79 Å². The van der Waals surface area contributed by atoms with Crippen LogP contribution in [0.5, 0.6) is 0 Å². The monoisotopic (exact) mass is 449 g/mol. The van der Waals surface area contributed by atoms with Gasteiger partial charge in [0.1, 0.15) is 5.60 Å². The van der Waals surface area contributed by atoms with Crippen LogP contribution in [0.15, 0.2) is 12.1 Å². The van der Waals surface area contributed by atoms with Gasteiger partial charge in [-0.3, -0.25) is 9.69 Å². The summed E-state index contributed by atoms with van der Waals surface area (Å²) in [7, 11) is 0. The molecule has 0 saturated carbocycles. The highest BCUT2D eigenvalue weighted by atomic mass is 35.5. The number of nitrogens with zero attached hydrogens (tertiary/aromatic N) is 1. The number of likely N-dealkylation sites (tertiary alicyclic amines) is 1. The molecule has 1 aliphatic heterocycles. The van der Waals surface area contributed by atoms with Gasteiger partial charge in [-0.05, 0) is 58.2 Å². The van der Waals surface area contributed by atoms with Crippen LogP contribution in [0.25, 0.3) is 0 Å². The first-order valence-electron chi connectivity index (χ1n) is 9.17. The Morgan fingerprint density at radius 2 is 1.86 bits per heavy atom. The lowest BCUT2D eigenvalue weighted by molar-refractivity contribution is -0.117. The minimum atomic E-state index is -0.523. The molecule has 1 unspecified atom stereocenters. The van der Waals surface area contributed by atoms with Crippen molar-refractivity contribution in [2.45, 2.75) is 39.2 Å². The summed E-state index contributed by atoms with van der Waals surface area (Å²) < 4.78 is 5.26. The standard InChI is InChI=1S/C19H26Cl3N3O3/c1-19(2,3)28-18(27)23-9-12-5-4-6-25(10-12)11-16(26)24-17-14(21)7-13(20)8-15(17)22/h7-8,12H,4-6,9-11H2,1-3H3,(H,23,27)(H,24,26). The maximum atomic E-state index is 12.4. The molecule has 0 radical (unpaired) electrons. The van der Waals surface area contributed by atoms with Gasteiger partial charge >= 0.3 is 6.09 Å². The average Bonchev–Trinajstić information content (AvgIpc) is 2.55. The van der Waals surface area contributed by atoms with E-state index in [0.29, 0.717) is 33.8 Å². The molecule has 0 spiro atoms. The molecule has 0 aliphatic carbocycles. The first-order chi connectivity index (χ1) is 13.0. The topological polar surface area (TPSA) is 70.7 Å². The lowest BCUT2D eigenvalue weighted by Gasteiger charge is -2.32. The molecule has 0 bridgehead atoms. The molecule has 9 heteroatoms. The number of hydrogen-bond donors (Lipinski definition) is 2. The molecule has 156 valence electrons. The van der Waals surface area contributed by atoms with E-state index in [4.69, 9.17) is 39.5 Å². The number of benzene rings is 1. The second-order valence-corrected chi connectivity index (χ2v) is 9.17. The SMILES string of the molecule is CC(C)(C)OC(=O)NCC1CCCN(CC(=O)Nc2c(Cl)cc(Cl)cc2Cl)C1. The Balaban J connectivity index is 1.83. The van der Waals surface area contributed by atoms with Gasteiger partial charge in [-0.15, -0.1) is 0 Å². The van der Waals surface area contributed by atoms with E-state index >= 15 is 0 Å². The van der Waals surface area contributed by atoms with Crippen molar-refractivity contribution in [3.8, 4) is 0 Å². The van der Waals surface area contributed by atoms with Gasteiger partial charge < -0.3 is 15.4 Å². The van der Waals surface area contributed by atoms with Crippen LogP contribution >= 0.6 is 34.8 Å². The van der Waals surface area contributed by atoms with Gasteiger partial charge in [-0.1, -0.05) is 34.8 Å². The van der Waals surface area contributed by atoms with E-state index in [9.17, 15) is 9.59 Å². The van der Waals surface area contributed by atoms with E-state index in [1.165, 1.54) is 12.1 Å². The molecule has 1 saturated heterocycles. The Hall–Kier alpha value is -1.21. The van der Waals surface area contributed by atoms with Crippen molar-refractivity contribution >= 4 is 52.5 Å². The Kier molecular flexibility index (Phi) is 8.25. The summed E-state index contributed by atoms with van der Waals surface area (Å²) in [5, 5.41) is 6.56. The molecule has 1 heterocycles. The van der Waals surface area contributed by atoms with Gasteiger partial charge in [0, 0.05) is 18.1 Å². The molecule has 2 amide bonds. The lowest BCUT2D eigenvalue weighted by atomic mass is 9.98. The van der Waals surface area contributed by atoms with Crippen molar-refractivity contribution in [1.82, 2.24) is 10.2 Å². The Bertz CT molecular complexity index is 699. The minimum absolute atomic E-state index is 0.202. The van der Waals surface area contributed by atoms with E-state index in [1.807, 2.05) is 20.8 Å². The number of amides is 2. The fraction of sp³-hybridized carbons (Fsp3) is 0.579. The van der Waals surface area contributed by atoms with E-state index in [-0.39, 0.29) is 18.4 Å². The summed E-state index contributed by atoms with van der Waals surface area (Å²) in [6, 6.07) is 3.06. The van der Waals surface area contributed by atoms with Crippen LogP contribution in [-0.4, -0.2) is 48.7 Å². The molecule has 2 N–H and O–H groups in total. The highest BCUT2D eigenvalue weighted by Gasteiger charge is 2.24. The molecular weight excluding hydrogens is 425 g/mol. The van der Waals surface area contributed by atoms with Crippen molar-refractivity contribution < 1.29 is 14.3 Å². The number of hydrogen-bond acceptors (Lipinski definition) is 4. The van der Waals surface area contributed by atoms with Crippen LogP contribution in [-0.2, 0) is 9.53 Å². The fourth-order valence-corrected chi connectivity index (χ4v) is 3.96. The van der Waals surface area contributed by atoms with E-state index in [0.717, 1.165) is 19.4 Å². The quantitative estimate of drug-likeness (QED) is 0.674. The van der Waals surface area contributed by atoms with Crippen LogP contribution in [0.3, 0.4) is 0 Å². The van der Waals surface area contributed by atoms with Gasteiger partial charge in [0.2, 0.25) is 5.91 Å². The minimum Gasteiger partial charge on any atom is -0.444 e. The highest BCUT2D eigenvalue weighted by Crippen LogP contribution is 2.33. The summed E-state index contributed by atoms with van der Waals surface area (Å²) in [4.78, 5) is 26.3. The van der Waals surface area contributed by atoms with Crippen LogP contribution in [0.4, 0.5) is 10.5 Å². The number of carbonyl (C=O) groups excluding carboxylic acids is 2. The summed E-state index contributed by atoms with van der Waals surface area (Å²) in [5.41, 5.74) is -0.164. The summed E-state index contributed by atoms with van der Waals surface area (Å²) in [6.45, 7) is 7.75. The van der Waals surface area contributed by atoms with Crippen LogP contribution in [0.1, 0.15) is 33.6 Å². The number of nitrogens with one attached hydrogen (secondary N) is 2. The van der Waals surface area contributed by atoms with Gasteiger partial charge in [-0.2, -0.15) is 0 Å². The fourth-order valence-electron chi connectivity index (χ4n) is 3.05. The first-order valence-corrected chi connectivity index (χ1v) is 10.3. The third kappa shape index (κ3) is 7.66. The molecule has 28 heavy (non-hydrogen) atoms. The molecule has 6 nitrogen and oxygen atoms in total. The number of halogens is 3. The maximum Gasteiger partial charge on any atom is 0.407 e. The number of rotatable bonds is 5. The zero-order valence-electron chi connectivity index (χ0n) is 16.3. The molecule has 1 aromatic carbocycles. The second-order valence-electron chi connectivity index (χ2n) is 7.92. The Labute approximate surface area is 180 Å². The Morgan fingerprint density at radius 1 is 1.21 bits per heavy atom. The molecule has 1 aliphatic rings. The van der Waals surface area contributed by atoms with Crippen molar-refractivity contribution in [2.24, 2.45) is 5.92 Å². The van der Waals surface area contributed by atoms with Crippen LogP contribution in [0, 0.1) is 5.92 Å². The predicted molar refractivity (Wildman–Crippen MR) is 114 cm³/mol. The molecule has 0 aromatic heterocycles. The number of carbonyl (C=O) groups is 2. The zero-order valence-corrected chi connectivity index (χ0v) is 18.5. The molecular formula is C19H26Cl3N3O3. The molecule has 1 aromatic rings. The molecule has 1 fully saturated rings. The number of alkyl carbamates (subject to hydrolysis) is 1. The summed E-state index contributed by atoms with van der Waals surface area (Å²) >= 11 is 18.1. The third-order valence-electron chi connectivity index (χ3n) is 4.18. The van der Waals surface area contributed by atoms with Gasteiger partial charge in [0.25, 0.3) is 0 Å². The largest absolute Gasteiger partial charge is 0.444 e.